The molecule has 3 rings (SSSR count). The van der Waals surface area contributed by atoms with Crippen molar-refractivity contribution >= 4 is 15.6 Å². The van der Waals surface area contributed by atoms with Gasteiger partial charge in [-0.2, -0.15) is 0 Å². The van der Waals surface area contributed by atoms with Gasteiger partial charge < -0.3 is 39.2 Å². The first-order valence-corrected chi connectivity index (χ1v) is 12.4. The maximum Gasteiger partial charge on any atom is 0.466 e. The molecule has 180 valence electrons. The number of hydrogen-bond acceptors (Lipinski definition) is 4. The molecule has 0 atom stereocenters. The summed E-state index contributed by atoms with van der Waals surface area (Å²) in [6.45, 7) is 4.35. The van der Waals surface area contributed by atoms with Crippen LogP contribution in [0.4, 0.5) is 0 Å². The van der Waals surface area contributed by atoms with E-state index < -0.39 is 15.6 Å². The topological polar surface area (TPSA) is 185 Å². The first-order chi connectivity index (χ1) is 15.1. The molecule has 33 heavy (non-hydrogen) atoms. The lowest BCUT2D eigenvalue weighted by atomic mass is 9.78. The van der Waals surface area contributed by atoms with Gasteiger partial charge in [-0.3, -0.25) is 0 Å². The first-order valence-electron chi connectivity index (χ1n) is 9.25. The molecule has 0 aliphatic heterocycles. The third-order valence-electron chi connectivity index (χ3n) is 4.14. The van der Waals surface area contributed by atoms with Crippen LogP contribution in [0.3, 0.4) is 0 Å². The fourth-order valence-corrected chi connectivity index (χ4v) is 2.61. The Kier molecular flexibility index (Phi) is 10.4. The molecule has 0 aliphatic carbocycles. The van der Waals surface area contributed by atoms with E-state index in [0.29, 0.717) is 0 Å². The fraction of sp³-hybridized carbons (Fsp3) is 0.143. The van der Waals surface area contributed by atoms with Crippen LogP contribution in [0.25, 0.3) is 0 Å². The van der Waals surface area contributed by atoms with Gasteiger partial charge in [0.05, 0.1) is 0 Å². The number of phenolic OH excluding ortho intramolecular Hbond substituents is 1. The van der Waals surface area contributed by atoms with Crippen LogP contribution in [0.1, 0.15) is 25.0 Å². The summed E-state index contributed by atoms with van der Waals surface area (Å²) in [7, 11) is -9.28. The second-order valence-corrected chi connectivity index (χ2v) is 9.19. The number of aromatic hydroxyl groups is 1. The minimum atomic E-state index is -4.64. The number of ether oxygens (including phenoxy) is 1. The predicted molar refractivity (Wildman–Crippen MR) is 122 cm³/mol. The van der Waals surface area contributed by atoms with Crippen molar-refractivity contribution in [1.29, 1.82) is 0 Å². The van der Waals surface area contributed by atoms with Gasteiger partial charge in [0.25, 0.3) is 0 Å². The number of hydrogen-bond donors (Lipinski definition) is 7. The number of phosphoric acid groups is 2. The van der Waals surface area contributed by atoms with Crippen molar-refractivity contribution in [3.8, 4) is 17.2 Å². The van der Waals surface area contributed by atoms with Crippen LogP contribution >= 0.6 is 15.6 Å². The standard InChI is InChI=1S/C21H20O2.2H3O4P/c1-21(2,16-8-12-18(22)13-9-16)17-10-14-20(15-11-17)23-19-6-4-3-5-7-19;2*1-5(2,3)4/h3-15,22H,1-2H3;2*(H3,1,2,3,4). The molecule has 0 heterocycles. The number of para-hydroxylation sites is 1. The summed E-state index contributed by atoms with van der Waals surface area (Å²) in [5.41, 5.74) is 2.22. The van der Waals surface area contributed by atoms with Crippen molar-refractivity contribution in [3.63, 3.8) is 0 Å². The van der Waals surface area contributed by atoms with Gasteiger partial charge in [-0.25, -0.2) is 9.13 Å². The van der Waals surface area contributed by atoms with Gasteiger partial charge in [0.15, 0.2) is 0 Å². The largest absolute Gasteiger partial charge is 0.508 e. The van der Waals surface area contributed by atoms with Crippen LogP contribution in [0.2, 0.25) is 0 Å². The van der Waals surface area contributed by atoms with Crippen LogP contribution in [-0.2, 0) is 14.5 Å². The van der Waals surface area contributed by atoms with Crippen molar-refractivity contribution in [1.82, 2.24) is 0 Å². The van der Waals surface area contributed by atoms with Crippen molar-refractivity contribution in [2.24, 2.45) is 0 Å². The van der Waals surface area contributed by atoms with Gasteiger partial charge in [0, 0.05) is 5.41 Å². The van der Waals surface area contributed by atoms with Gasteiger partial charge in [0.1, 0.15) is 17.2 Å². The predicted octanol–water partition coefficient (Wildman–Crippen LogP) is 3.65. The first kappa shape index (κ1) is 28.5. The van der Waals surface area contributed by atoms with E-state index >= 15 is 0 Å². The zero-order chi connectivity index (χ0) is 25.3. The Hall–Kier alpha value is -2.52. The molecule has 3 aromatic rings. The monoisotopic (exact) mass is 500 g/mol. The Balaban J connectivity index is 0.000000460. The van der Waals surface area contributed by atoms with E-state index in [1.165, 1.54) is 5.56 Å². The van der Waals surface area contributed by atoms with Gasteiger partial charge in [-0.15, -0.1) is 0 Å². The average Bonchev–Trinajstić information content (AvgIpc) is 2.67. The Morgan fingerprint density at radius 1 is 0.606 bits per heavy atom. The zero-order valence-corrected chi connectivity index (χ0v) is 19.5. The maximum absolute atomic E-state index is 9.45. The minimum absolute atomic E-state index is 0.140. The van der Waals surface area contributed by atoms with Crippen molar-refractivity contribution < 1.29 is 48.3 Å². The second kappa shape index (κ2) is 12.1. The molecule has 0 spiro atoms. The number of rotatable bonds is 4. The molecule has 0 bridgehead atoms. The molecule has 0 saturated carbocycles. The lowest BCUT2D eigenvalue weighted by molar-refractivity contribution is 0.272. The lowest BCUT2D eigenvalue weighted by Crippen LogP contribution is -2.18. The van der Waals surface area contributed by atoms with Crippen LogP contribution in [0.5, 0.6) is 17.2 Å². The average molecular weight is 500 g/mol. The van der Waals surface area contributed by atoms with Gasteiger partial charge in [-0.05, 0) is 47.5 Å². The summed E-state index contributed by atoms with van der Waals surface area (Å²) in [6, 6.07) is 25.3. The molecule has 3 aromatic carbocycles. The van der Waals surface area contributed by atoms with E-state index in [1.807, 2.05) is 54.6 Å². The highest BCUT2D eigenvalue weighted by Crippen LogP contribution is 2.33. The van der Waals surface area contributed by atoms with E-state index in [1.54, 1.807) is 12.1 Å². The summed E-state index contributed by atoms with van der Waals surface area (Å²) in [4.78, 5) is 43.1. The van der Waals surface area contributed by atoms with Crippen LogP contribution < -0.4 is 4.74 Å². The Bertz CT molecular complexity index is 1040. The molecule has 0 aliphatic rings. The molecule has 0 unspecified atom stereocenters. The van der Waals surface area contributed by atoms with E-state index in [0.717, 1.165) is 17.1 Å². The van der Waals surface area contributed by atoms with Crippen molar-refractivity contribution in [3.05, 3.63) is 90.0 Å². The second-order valence-electron chi connectivity index (χ2n) is 7.14. The summed E-state index contributed by atoms with van der Waals surface area (Å²) in [6.07, 6.45) is 0. The summed E-state index contributed by atoms with van der Waals surface area (Å²) < 4.78 is 23.6. The van der Waals surface area contributed by atoms with Crippen LogP contribution in [0, 0.1) is 0 Å². The molecular formula is C21H26O10P2. The molecule has 0 radical (unpaired) electrons. The smallest absolute Gasteiger partial charge is 0.466 e. The lowest BCUT2D eigenvalue weighted by Gasteiger charge is -2.26. The molecule has 0 aromatic heterocycles. The molecule has 7 N–H and O–H groups in total. The summed E-state index contributed by atoms with van der Waals surface area (Å²) >= 11 is 0. The molecule has 10 nitrogen and oxygen atoms in total. The Morgan fingerprint density at radius 2 is 0.939 bits per heavy atom. The molecule has 0 fully saturated rings. The minimum Gasteiger partial charge on any atom is -0.508 e. The van der Waals surface area contributed by atoms with E-state index in [9.17, 15) is 5.11 Å². The third-order valence-corrected chi connectivity index (χ3v) is 4.14. The number of benzene rings is 3. The summed E-state index contributed by atoms with van der Waals surface area (Å²) in [5, 5.41) is 9.45. The Morgan fingerprint density at radius 3 is 1.33 bits per heavy atom. The Labute approximate surface area is 190 Å². The highest BCUT2D eigenvalue weighted by molar-refractivity contribution is 7.45. The van der Waals surface area contributed by atoms with Gasteiger partial charge in [0.2, 0.25) is 0 Å². The highest BCUT2D eigenvalue weighted by Gasteiger charge is 2.23. The SMILES string of the molecule is CC(C)(c1ccc(O)cc1)c1ccc(Oc2ccccc2)cc1.O=P(O)(O)O.O=P(O)(O)O. The van der Waals surface area contributed by atoms with Crippen molar-refractivity contribution in [2.75, 3.05) is 0 Å². The zero-order valence-electron chi connectivity index (χ0n) is 17.8. The molecule has 12 heteroatoms. The molecule has 0 amide bonds. The maximum atomic E-state index is 9.45. The molecular weight excluding hydrogens is 474 g/mol. The molecule has 0 saturated heterocycles. The van der Waals surface area contributed by atoms with Crippen molar-refractivity contribution in [2.45, 2.75) is 19.3 Å². The van der Waals surface area contributed by atoms with Gasteiger partial charge in [-0.1, -0.05) is 56.3 Å². The normalized spacial score (nSPS) is 11.4. The van der Waals surface area contributed by atoms with Crippen LogP contribution in [-0.4, -0.2) is 34.5 Å². The third kappa shape index (κ3) is 12.9. The highest BCUT2D eigenvalue weighted by atomic mass is 31.2. The van der Waals surface area contributed by atoms with Crippen LogP contribution in [0.15, 0.2) is 78.9 Å². The summed E-state index contributed by atoms with van der Waals surface area (Å²) in [5.74, 6) is 1.94. The quantitative estimate of drug-likeness (QED) is 0.261. The van der Waals surface area contributed by atoms with E-state index in [2.05, 4.69) is 26.0 Å². The fourth-order valence-electron chi connectivity index (χ4n) is 2.61. The van der Waals surface area contributed by atoms with E-state index in [-0.39, 0.29) is 11.2 Å². The number of phenols is 1. The van der Waals surface area contributed by atoms with E-state index in [4.69, 9.17) is 43.2 Å². The van der Waals surface area contributed by atoms with Gasteiger partial charge >= 0.3 is 15.6 Å².